The van der Waals surface area contributed by atoms with Crippen molar-refractivity contribution < 1.29 is 23.9 Å². The SMILES string of the molecule is COc1cccc(OC)c1C(=O)OCCCNc1ccc([N+](=O)[O-])cn1. The van der Waals surface area contributed by atoms with E-state index in [1.807, 2.05) is 0 Å². The lowest BCUT2D eigenvalue weighted by Gasteiger charge is -2.12. The van der Waals surface area contributed by atoms with Crippen LogP contribution in [0.2, 0.25) is 0 Å². The van der Waals surface area contributed by atoms with Crippen LogP contribution < -0.4 is 14.8 Å². The van der Waals surface area contributed by atoms with E-state index in [2.05, 4.69) is 10.3 Å². The van der Waals surface area contributed by atoms with E-state index in [1.54, 1.807) is 18.2 Å². The first-order valence-electron chi connectivity index (χ1n) is 7.79. The largest absolute Gasteiger partial charge is 0.496 e. The van der Waals surface area contributed by atoms with Crippen LogP contribution in [0.3, 0.4) is 0 Å². The fourth-order valence-corrected chi connectivity index (χ4v) is 2.18. The molecular formula is C17H19N3O6. The summed E-state index contributed by atoms with van der Waals surface area (Å²) >= 11 is 0. The molecule has 0 fully saturated rings. The number of hydrogen-bond acceptors (Lipinski definition) is 8. The van der Waals surface area contributed by atoms with Crippen molar-refractivity contribution in [1.82, 2.24) is 4.98 Å². The first-order valence-corrected chi connectivity index (χ1v) is 7.79. The highest BCUT2D eigenvalue weighted by Gasteiger charge is 2.19. The molecule has 0 aliphatic rings. The Balaban J connectivity index is 1.81. The third kappa shape index (κ3) is 4.82. The summed E-state index contributed by atoms with van der Waals surface area (Å²) in [6, 6.07) is 7.91. The van der Waals surface area contributed by atoms with Gasteiger partial charge >= 0.3 is 5.97 Å². The number of benzene rings is 1. The van der Waals surface area contributed by atoms with Gasteiger partial charge in [0.2, 0.25) is 0 Å². The molecule has 0 saturated heterocycles. The summed E-state index contributed by atoms with van der Waals surface area (Å²) in [5.41, 5.74) is 0.165. The van der Waals surface area contributed by atoms with E-state index >= 15 is 0 Å². The van der Waals surface area contributed by atoms with Crippen LogP contribution in [0.1, 0.15) is 16.8 Å². The van der Waals surface area contributed by atoms with Crippen LogP contribution in [-0.4, -0.2) is 43.2 Å². The second-order valence-electron chi connectivity index (χ2n) is 5.11. The molecule has 0 saturated carbocycles. The van der Waals surface area contributed by atoms with Gasteiger partial charge in [0.1, 0.15) is 29.1 Å². The number of rotatable bonds is 9. The summed E-state index contributed by atoms with van der Waals surface area (Å²) in [4.78, 5) is 26.2. The molecular weight excluding hydrogens is 342 g/mol. The number of methoxy groups -OCH3 is 2. The predicted molar refractivity (Wildman–Crippen MR) is 93.8 cm³/mol. The topological polar surface area (TPSA) is 113 Å². The minimum Gasteiger partial charge on any atom is -0.496 e. The Bertz CT molecular complexity index is 741. The van der Waals surface area contributed by atoms with Crippen LogP contribution in [0, 0.1) is 10.1 Å². The molecule has 0 unspecified atom stereocenters. The number of carbonyl (C=O) groups excluding carboxylic acids is 1. The van der Waals surface area contributed by atoms with E-state index in [1.165, 1.54) is 32.5 Å². The number of nitrogens with zero attached hydrogens (tertiary/aromatic N) is 2. The number of nitro groups is 1. The van der Waals surface area contributed by atoms with E-state index in [-0.39, 0.29) is 17.9 Å². The number of anilines is 1. The summed E-state index contributed by atoms with van der Waals surface area (Å²) < 4.78 is 15.6. The zero-order chi connectivity index (χ0) is 18.9. The minimum absolute atomic E-state index is 0.0739. The summed E-state index contributed by atoms with van der Waals surface area (Å²) in [5, 5.41) is 13.6. The zero-order valence-electron chi connectivity index (χ0n) is 14.4. The monoisotopic (exact) mass is 361 g/mol. The van der Waals surface area contributed by atoms with Gasteiger partial charge in [0.25, 0.3) is 5.69 Å². The zero-order valence-corrected chi connectivity index (χ0v) is 14.4. The predicted octanol–water partition coefficient (Wildman–Crippen LogP) is 2.67. The Hall–Kier alpha value is -3.36. The van der Waals surface area contributed by atoms with Crippen LogP contribution in [0.4, 0.5) is 11.5 Å². The Morgan fingerprint density at radius 1 is 1.19 bits per heavy atom. The number of carbonyl (C=O) groups is 1. The van der Waals surface area contributed by atoms with E-state index in [0.29, 0.717) is 30.3 Å². The van der Waals surface area contributed by atoms with Crippen molar-refractivity contribution in [3.63, 3.8) is 0 Å². The van der Waals surface area contributed by atoms with Gasteiger partial charge in [-0.1, -0.05) is 6.07 Å². The van der Waals surface area contributed by atoms with Crippen LogP contribution >= 0.6 is 0 Å². The van der Waals surface area contributed by atoms with Crippen LogP contribution in [0.5, 0.6) is 11.5 Å². The maximum Gasteiger partial charge on any atom is 0.345 e. The minimum atomic E-state index is -0.534. The third-order valence-electron chi connectivity index (χ3n) is 3.45. The fraction of sp³-hybridized carbons (Fsp3) is 0.294. The van der Waals surface area contributed by atoms with Gasteiger partial charge in [0.15, 0.2) is 0 Å². The van der Waals surface area contributed by atoms with Crippen molar-refractivity contribution in [1.29, 1.82) is 0 Å². The molecule has 0 radical (unpaired) electrons. The van der Waals surface area contributed by atoms with Gasteiger partial charge in [-0.3, -0.25) is 10.1 Å². The Morgan fingerprint density at radius 3 is 2.42 bits per heavy atom. The van der Waals surface area contributed by atoms with Crippen molar-refractivity contribution in [2.75, 3.05) is 32.7 Å². The highest BCUT2D eigenvalue weighted by molar-refractivity contribution is 5.95. The number of esters is 1. The second kappa shape index (κ2) is 9.21. The number of hydrogen-bond donors (Lipinski definition) is 1. The van der Waals surface area contributed by atoms with Crippen LogP contribution in [0.25, 0.3) is 0 Å². The second-order valence-corrected chi connectivity index (χ2v) is 5.11. The van der Waals surface area contributed by atoms with Crippen LogP contribution in [0.15, 0.2) is 36.5 Å². The molecule has 26 heavy (non-hydrogen) atoms. The quantitative estimate of drug-likeness (QED) is 0.314. The van der Waals surface area contributed by atoms with Crippen molar-refractivity contribution >= 4 is 17.5 Å². The smallest absolute Gasteiger partial charge is 0.345 e. The summed E-state index contributed by atoms with van der Waals surface area (Å²) in [6.07, 6.45) is 1.71. The number of nitrogens with one attached hydrogen (secondary N) is 1. The van der Waals surface area contributed by atoms with Gasteiger partial charge in [0, 0.05) is 12.6 Å². The lowest BCUT2D eigenvalue weighted by molar-refractivity contribution is -0.385. The van der Waals surface area contributed by atoms with Crippen molar-refractivity contribution in [2.45, 2.75) is 6.42 Å². The summed E-state index contributed by atoms with van der Waals surface area (Å²) in [5.74, 6) is 0.728. The van der Waals surface area contributed by atoms with E-state index in [0.717, 1.165) is 0 Å². The lowest BCUT2D eigenvalue weighted by Crippen LogP contribution is -2.12. The molecule has 0 atom stereocenters. The first-order chi connectivity index (χ1) is 12.6. The molecule has 2 rings (SSSR count). The molecule has 1 heterocycles. The maximum absolute atomic E-state index is 12.3. The van der Waals surface area contributed by atoms with Gasteiger partial charge in [-0.2, -0.15) is 0 Å². The standard InChI is InChI=1S/C17H19N3O6/c1-24-13-5-3-6-14(25-2)16(13)17(21)26-10-4-9-18-15-8-7-12(11-19-15)20(22)23/h3,5-8,11H,4,9-10H2,1-2H3,(H,18,19). The molecule has 0 spiro atoms. The van der Waals surface area contributed by atoms with Gasteiger partial charge in [-0.15, -0.1) is 0 Å². The maximum atomic E-state index is 12.3. The lowest BCUT2D eigenvalue weighted by atomic mass is 10.2. The van der Waals surface area contributed by atoms with Crippen molar-refractivity contribution in [3.8, 4) is 11.5 Å². The van der Waals surface area contributed by atoms with Crippen LogP contribution in [-0.2, 0) is 4.74 Å². The molecule has 0 amide bonds. The van der Waals surface area contributed by atoms with Crippen molar-refractivity contribution in [3.05, 3.63) is 52.2 Å². The third-order valence-corrected chi connectivity index (χ3v) is 3.45. The molecule has 2 aromatic rings. The normalized spacial score (nSPS) is 10.1. The Kier molecular flexibility index (Phi) is 6.72. The average molecular weight is 361 g/mol. The molecule has 138 valence electrons. The molecule has 9 heteroatoms. The fourth-order valence-electron chi connectivity index (χ4n) is 2.18. The molecule has 0 aliphatic carbocycles. The Morgan fingerprint density at radius 2 is 1.88 bits per heavy atom. The van der Waals surface area contributed by atoms with Gasteiger partial charge in [-0.25, -0.2) is 9.78 Å². The summed E-state index contributed by atoms with van der Waals surface area (Å²) in [7, 11) is 2.93. The molecule has 0 bridgehead atoms. The van der Waals surface area contributed by atoms with E-state index in [9.17, 15) is 14.9 Å². The molecule has 1 N–H and O–H groups in total. The average Bonchev–Trinajstić information content (AvgIpc) is 2.67. The number of aromatic nitrogens is 1. The molecule has 9 nitrogen and oxygen atoms in total. The van der Waals surface area contributed by atoms with E-state index in [4.69, 9.17) is 14.2 Å². The first kappa shape index (κ1) is 19.0. The number of pyridine rings is 1. The van der Waals surface area contributed by atoms with E-state index < -0.39 is 10.9 Å². The number of ether oxygens (including phenoxy) is 3. The van der Waals surface area contributed by atoms with Crippen molar-refractivity contribution in [2.24, 2.45) is 0 Å². The molecule has 1 aromatic carbocycles. The Labute approximate surface area is 150 Å². The molecule has 0 aliphatic heterocycles. The van der Waals surface area contributed by atoms with Gasteiger partial charge in [0.05, 0.1) is 25.7 Å². The molecule has 1 aromatic heterocycles. The van der Waals surface area contributed by atoms with Gasteiger partial charge < -0.3 is 19.5 Å². The van der Waals surface area contributed by atoms with Gasteiger partial charge in [-0.05, 0) is 24.6 Å². The highest BCUT2D eigenvalue weighted by atomic mass is 16.6. The summed E-state index contributed by atoms with van der Waals surface area (Å²) in [6.45, 7) is 0.668. The highest BCUT2D eigenvalue weighted by Crippen LogP contribution is 2.28.